The number of thiophene rings is 1. The number of rotatable bonds is 5. The van der Waals surface area contributed by atoms with Crippen molar-refractivity contribution in [3.8, 4) is 0 Å². The lowest BCUT2D eigenvalue weighted by atomic mass is 9.94. The van der Waals surface area contributed by atoms with E-state index in [9.17, 15) is 9.59 Å². The van der Waals surface area contributed by atoms with Gasteiger partial charge in [-0.15, -0.1) is 11.3 Å². The maximum absolute atomic E-state index is 13.2. The second kappa shape index (κ2) is 8.91. The molecule has 0 bridgehead atoms. The number of hydrogen-bond acceptors (Lipinski definition) is 3. The fraction of sp³-hybridized carbons (Fsp3) is 0.478. The molecule has 28 heavy (non-hydrogen) atoms. The number of carbonyl (C=O) groups excluding carboxylic acids is 2. The van der Waals surface area contributed by atoms with E-state index < -0.39 is 0 Å². The number of carbonyl (C=O) groups is 2. The summed E-state index contributed by atoms with van der Waals surface area (Å²) in [6.07, 6.45) is 5.89. The van der Waals surface area contributed by atoms with Crippen molar-refractivity contribution in [1.29, 1.82) is 0 Å². The Balaban J connectivity index is 1.30. The lowest BCUT2D eigenvalue weighted by Crippen LogP contribution is -2.45. The van der Waals surface area contributed by atoms with Gasteiger partial charge >= 0.3 is 0 Å². The molecule has 2 saturated heterocycles. The second-order valence-corrected chi connectivity index (χ2v) is 8.84. The van der Waals surface area contributed by atoms with Crippen LogP contribution in [-0.2, 0) is 11.2 Å². The van der Waals surface area contributed by atoms with E-state index in [1.54, 1.807) is 0 Å². The molecule has 0 aliphatic carbocycles. The van der Waals surface area contributed by atoms with Crippen LogP contribution >= 0.6 is 11.3 Å². The molecule has 0 spiro atoms. The number of likely N-dealkylation sites (tertiary alicyclic amines) is 2. The molecular weight excluding hydrogens is 368 g/mol. The predicted molar refractivity (Wildman–Crippen MR) is 112 cm³/mol. The Hall–Kier alpha value is -2.14. The highest BCUT2D eigenvalue weighted by molar-refractivity contribution is 7.12. The van der Waals surface area contributed by atoms with Crippen LogP contribution in [0.3, 0.4) is 0 Å². The lowest BCUT2D eigenvalue weighted by molar-refractivity contribution is -0.137. The zero-order valence-electron chi connectivity index (χ0n) is 16.3. The predicted octanol–water partition coefficient (Wildman–Crippen LogP) is 4.22. The number of hydrogen-bond donors (Lipinski definition) is 0. The molecule has 1 aromatic carbocycles. The molecule has 1 aromatic heterocycles. The normalized spacial score (nSPS) is 20.5. The van der Waals surface area contributed by atoms with E-state index in [0.29, 0.717) is 25.0 Å². The molecule has 2 fully saturated rings. The average molecular weight is 397 g/mol. The zero-order valence-corrected chi connectivity index (χ0v) is 17.1. The van der Waals surface area contributed by atoms with Crippen LogP contribution in [0, 0.1) is 5.92 Å². The number of nitrogens with zero attached hydrogens (tertiary/aromatic N) is 2. The molecule has 2 aromatic rings. The first kappa shape index (κ1) is 19.2. The average Bonchev–Trinajstić information content (AvgIpc) is 3.44. The lowest BCUT2D eigenvalue weighted by Gasteiger charge is -2.35. The molecule has 0 N–H and O–H groups in total. The van der Waals surface area contributed by atoms with Gasteiger partial charge in [0.25, 0.3) is 5.91 Å². The third-order valence-corrected chi connectivity index (χ3v) is 6.99. The Morgan fingerprint density at radius 2 is 1.75 bits per heavy atom. The summed E-state index contributed by atoms with van der Waals surface area (Å²) in [5.74, 6) is 0.506. The molecule has 1 unspecified atom stereocenters. The van der Waals surface area contributed by atoms with E-state index in [1.165, 1.54) is 16.9 Å². The van der Waals surface area contributed by atoms with Gasteiger partial charge in [0, 0.05) is 31.6 Å². The van der Waals surface area contributed by atoms with Gasteiger partial charge in [0.15, 0.2) is 0 Å². The van der Waals surface area contributed by atoms with Crippen LogP contribution in [-0.4, -0.2) is 47.3 Å². The Bertz CT molecular complexity index is 782. The minimum absolute atomic E-state index is 0.0738. The van der Waals surface area contributed by atoms with E-state index in [4.69, 9.17) is 0 Å². The fourth-order valence-corrected chi connectivity index (χ4v) is 5.21. The van der Waals surface area contributed by atoms with Crippen LogP contribution in [0.15, 0.2) is 47.8 Å². The van der Waals surface area contributed by atoms with Crippen LogP contribution in [0.4, 0.5) is 0 Å². The Kier molecular flexibility index (Phi) is 6.10. The number of piperidine rings is 1. The summed E-state index contributed by atoms with van der Waals surface area (Å²) >= 11 is 1.49. The third kappa shape index (κ3) is 4.30. The summed E-state index contributed by atoms with van der Waals surface area (Å²) in [7, 11) is 0. The molecule has 0 radical (unpaired) electrons. The summed E-state index contributed by atoms with van der Waals surface area (Å²) < 4.78 is 0. The van der Waals surface area contributed by atoms with Crippen LogP contribution in [0.25, 0.3) is 0 Å². The molecule has 2 aliphatic heterocycles. The van der Waals surface area contributed by atoms with Crippen LogP contribution in [0.2, 0.25) is 0 Å². The molecule has 5 heteroatoms. The molecule has 148 valence electrons. The summed E-state index contributed by atoms with van der Waals surface area (Å²) in [5, 5.41) is 1.94. The van der Waals surface area contributed by atoms with Crippen LogP contribution in [0.5, 0.6) is 0 Å². The van der Waals surface area contributed by atoms with Gasteiger partial charge in [-0.2, -0.15) is 0 Å². The first-order valence-corrected chi connectivity index (χ1v) is 11.3. The zero-order chi connectivity index (χ0) is 19.3. The first-order chi connectivity index (χ1) is 13.7. The van der Waals surface area contributed by atoms with Gasteiger partial charge in [0.1, 0.15) is 0 Å². The number of amides is 2. The van der Waals surface area contributed by atoms with Crippen LogP contribution < -0.4 is 0 Å². The maximum Gasteiger partial charge on any atom is 0.263 e. The summed E-state index contributed by atoms with van der Waals surface area (Å²) in [6, 6.07) is 14.7. The highest BCUT2D eigenvalue weighted by Crippen LogP contribution is 2.28. The van der Waals surface area contributed by atoms with Gasteiger partial charge < -0.3 is 9.80 Å². The van der Waals surface area contributed by atoms with Crippen molar-refractivity contribution in [2.75, 3.05) is 19.6 Å². The largest absolute Gasteiger partial charge is 0.339 e. The molecule has 2 aliphatic rings. The van der Waals surface area contributed by atoms with Gasteiger partial charge in [0.2, 0.25) is 5.91 Å². The van der Waals surface area contributed by atoms with Gasteiger partial charge in [0.05, 0.1) is 4.88 Å². The fourth-order valence-electron chi connectivity index (χ4n) is 4.52. The van der Waals surface area contributed by atoms with Crippen molar-refractivity contribution in [2.45, 2.75) is 44.6 Å². The van der Waals surface area contributed by atoms with E-state index in [-0.39, 0.29) is 11.8 Å². The second-order valence-electron chi connectivity index (χ2n) is 7.90. The Labute approximate surface area is 171 Å². The van der Waals surface area contributed by atoms with Crippen LogP contribution in [0.1, 0.15) is 47.3 Å². The van der Waals surface area contributed by atoms with Crippen molar-refractivity contribution < 1.29 is 9.59 Å². The number of benzene rings is 1. The van der Waals surface area contributed by atoms with Crippen molar-refractivity contribution in [1.82, 2.24) is 9.80 Å². The van der Waals surface area contributed by atoms with Gasteiger partial charge in [-0.05, 0) is 55.5 Å². The van der Waals surface area contributed by atoms with Gasteiger partial charge in [-0.3, -0.25) is 9.59 Å². The van der Waals surface area contributed by atoms with Crippen molar-refractivity contribution in [2.24, 2.45) is 5.92 Å². The van der Waals surface area contributed by atoms with Crippen molar-refractivity contribution >= 4 is 23.2 Å². The maximum atomic E-state index is 13.2. The van der Waals surface area contributed by atoms with Crippen molar-refractivity contribution in [3.63, 3.8) is 0 Å². The highest BCUT2D eigenvalue weighted by Gasteiger charge is 2.35. The van der Waals surface area contributed by atoms with E-state index in [0.717, 1.165) is 49.9 Å². The molecule has 4 nitrogen and oxygen atoms in total. The standard InChI is InChI=1S/C23H28N2O2S/c26-22(19-12-15-24(16-13-19)23(27)21-9-5-17-28-21)25-14-4-8-20(25)11-10-18-6-2-1-3-7-18/h1-3,5-7,9,17,19-20H,4,8,10-16H2. The Morgan fingerprint density at radius 1 is 0.964 bits per heavy atom. The Morgan fingerprint density at radius 3 is 2.46 bits per heavy atom. The van der Waals surface area contributed by atoms with E-state index >= 15 is 0 Å². The molecule has 0 saturated carbocycles. The summed E-state index contributed by atoms with van der Waals surface area (Å²) in [5.41, 5.74) is 1.35. The molecular formula is C23H28N2O2S. The van der Waals surface area contributed by atoms with Crippen molar-refractivity contribution in [3.05, 3.63) is 58.3 Å². The first-order valence-electron chi connectivity index (χ1n) is 10.4. The number of aryl methyl sites for hydroxylation is 1. The van der Waals surface area contributed by atoms with Gasteiger partial charge in [-0.1, -0.05) is 36.4 Å². The molecule has 2 amide bonds. The third-order valence-electron chi connectivity index (χ3n) is 6.13. The quantitative estimate of drug-likeness (QED) is 0.759. The summed E-state index contributed by atoms with van der Waals surface area (Å²) in [6.45, 7) is 2.28. The SMILES string of the molecule is O=C(c1cccs1)N1CCC(C(=O)N2CCCC2CCc2ccccc2)CC1. The highest BCUT2D eigenvalue weighted by atomic mass is 32.1. The minimum Gasteiger partial charge on any atom is -0.339 e. The van der Waals surface area contributed by atoms with Gasteiger partial charge in [-0.25, -0.2) is 0 Å². The smallest absolute Gasteiger partial charge is 0.263 e. The molecule has 3 heterocycles. The topological polar surface area (TPSA) is 40.6 Å². The monoisotopic (exact) mass is 396 g/mol. The molecule has 1 atom stereocenters. The molecule has 4 rings (SSSR count). The van der Waals surface area contributed by atoms with E-state index in [1.807, 2.05) is 28.5 Å². The minimum atomic E-state index is 0.0738. The summed E-state index contributed by atoms with van der Waals surface area (Å²) in [4.78, 5) is 30.5. The van der Waals surface area contributed by atoms with E-state index in [2.05, 4.69) is 29.2 Å².